The Balaban J connectivity index is 1.63. The number of rotatable bonds is 4. The van der Waals surface area contributed by atoms with Crippen LogP contribution in [0.4, 0.5) is 4.79 Å². The Morgan fingerprint density at radius 1 is 1.17 bits per heavy atom. The Bertz CT molecular complexity index is 1030. The molecule has 2 N–H and O–H groups in total. The summed E-state index contributed by atoms with van der Waals surface area (Å²) in [5.41, 5.74) is 7.26. The monoisotopic (exact) mass is 404 g/mol. The normalized spacial score (nSPS) is 21.0. The van der Waals surface area contributed by atoms with Gasteiger partial charge in [0.2, 0.25) is 5.96 Å². The lowest BCUT2D eigenvalue weighted by molar-refractivity contribution is -0.127. The molecule has 1 saturated heterocycles. The summed E-state index contributed by atoms with van der Waals surface area (Å²) in [5.74, 6) is 0.0933. The Morgan fingerprint density at radius 2 is 1.93 bits per heavy atom. The van der Waals surface area contributed by atoms with Crippen molar-refractivity contribution in [1.29, 1.82) is 0 Å². The number of benzene rings is 2. The lowest BCUT2D eigenvalue weighted by atomic mass is 10.0. The molecule has 2 unspecified atom stereocenters. The zero-order valence-electron chi connectivity index (χ0n) is 17.2. The Hall–Kier alpha value is -3.68. The van der Waals surface area contributed by atoms with E-state index in [2.05, 4.69) is 39.0 Å². The number of nitrogens with zero attached hydrogens (tertiary/aromatic N) is 4. The van der Waals surface area contributed by atoms with Crippen molar-refractivity contribution in [3.05, 3.63) is 70.8 Å². The molecule has 30 heavy (non-hydrogen) atoms. The van der Waals surface area contributed by atoms with Crippen LogP contribution >= 0.6 is 0 Å². The molecule has 0 saturated carbocycles. The number of nitrogens with one attached hydrogen (secondary N) is 2. The Morgan fingerprint density at radius 3 is 2.70 bits per heavy atom. The molecule has 0 spiro atoms. The standard InChI is InChI=1S/C22H24N6O2/c1-14-9-10-15(2)17(11-14)13-28-18-19(27(3)22(30)25-20(18)29)24-21(28)26-23-12-16-7-5-4-6-8-16/h4-12,18-19H,13H2,1-3H3,(H,24,26)(H,25,29,30)/b23-12+. The highest BCUT2D eigenvalue weighted by Gasteiger charge is 2.48. The number of amides is 3. The summed E-state index contributed by atoms with van der Waals surface area (Å²) in [6.45, 7) is 4.54. The molecule has 2 aromatic rings. The van der Waals surface area contributed by atoms with Crippen LogP contribution in [0.5, 0.6) is 0 Å². The van der Waals surface area contributed by atoms with E-state index in [9.17, 15) is 9.59 Å². The lowest BCUT2D eigenvalue weighted by Crippen LogP contribution is -2.63. The smallest absolute Gasteiger partial charge is 0.321 e. The van der Waals surface area contributed by atoms with Gasteiger partial charge in [0.05, 0.1) is 6.21 Å². The van der Waals surface area contributed by atoms with Crippen molar-refractivity contribution in [3.8, 4) is 0 Å². The van der Waals surface area contributed by atoms with Gasteiger partial charge in [-0.2, -0.15) is 5.10 Å². The van der Waals surface area contributed by atoms with E-state index in [0.29, 0.717) is 12.5 Å². The van der Waals surface area contributed by atoms with Crippen LogP contribution in [0.1, 0.15) is 22.3 Å². The van der Waals surface area contributed by atoms with Gasteiger partial charge in [-0.05, 0) is 30.5 Å². The maximum atomic E-state index is 12.7. The van der Waals surface area contributed by atoms with Crippen molar-refractivity contribution >= 4 is 24.1 Å². The molecule has 2 atom stereocenters. The number of imide groups is 1. The average Bonchev–Trinajstić information content (AvgIpc) is 3.09. The maximum absolute atomic E-state index is 12.7. The van der Waals surface area contributed by atoms with Crippen LogP contribution in [0.3, 0.4) is 0 Å². The van der Waals surface area contributed by atoms with Crippen molar-refractivity contribution < 1.29 is 9.59 Å². The van der Waals surface area contributed by atoms with Crippen LogP contribution in [0, 0.1) is 13.8 Å². The van der Waals surface area contributed by atoms with Gasteiger partial charge >= 0.3 is 6.03 Å². The average molecular weight is 404 g/mol. The second-order valence-electron chi connectivity index (χ2n) is 7.55. The van der Waals surface area contributed by atoms with E-state index in [1.165, 1.54) is 4.90 Å². The van der Waals surface area contributed by atoms with Gasteiger partial charge in [0.1, 0.15) is 0 Å². The molecule has 2 aliphatic rings. The minimum Gasteiger partial charge on any atom is -0.321 e. The van der Waals surface area contributed by atoms with Crippen molar-refractivity contribution in [2.75, 3.05) is 7.05 Å². The third kappa shape index (κ3) is 3.76. The molecule has 0 radical (unpaired) electrons. The highest BCUT2D eigenvalue weighted by atomic mass is 16.2. The number of aliphatic imine (C=N–C) groups is 1. The van der Waals surface area contributed by atoms with Gasteiger partial charge in [0, 0.05) is 13.6 Å². The summed E-state index contributed by atoms with van der Waals surface area (Å²) >= 11 is 0. The molecule has 1 fully saturated rings. The summed E-state index contributed by atoms with van der Waals surface area (Å²) in [6.07, 6.45) is 1.08. The fraction of sp³-hybridized carbons (Fsp3) is 0.273. The van der Waals surface area contributed by atoms with E-state index < -0.39 is 18.2 Å². The quantitative estimate of drug-likeness (QED) is 0.602. The second kappa shape index (κ2) is 7.98. The first kappa shape index (κ1) is 19.6. The predicted octanol–water partition coefficient (Wildman–Crippen LogP) is 1.98. The molecule has 0 bridgehead atoms. The molecule has 8 heteroatoms. The van der Waals surface area contributed by atoms with Gasteiger partial charge in [-0.1, -0.05) is 54.1 Å². The molecular weight excluding hydrogens is 380 g/mol. The molecule has 2 heterocycles. The molecule has 8 nitrogen and oxygen atoms in total. The first-order chi connectivity index (χ1) is 14.4. The largest absolute Gasteiger partial charge is 0.325 e. The van der Waals surface area contributed by atoms with Gasteiger partial charge in [0.15, 0.2) is 12.2 Å². The van der Waals surface area contributed by atoms with Gasteiger partial charge in [0.25, 0.3) is 5.91 Å². The van der Waals surface area contributed by atoms with E-state index in [4.69, 9.17) is 0 Å². The lowest BCUT2D eigenvalue weighted by Gasteiger charge is -2.36. The van der Waals surface area contributed by atoms with E-state index >= 15 is 0 Å². The third-order valence-electron chi connectivity index (χ3n) is 5.38. The zero-order chi connectivity index (χ0) is 21.3. The van der Waals surface area contributed by atoms with E-state index in [1.54, 1.807) is 13.3 Å². The van der Waals surface area contributed by atoms with Gasteiger partial charge in [-0.25, -0.2) is 15.2 Å². The number of hydrazone groups is 1. The molecular formula is C22H24N6O2. The van der Waals surface area contributed by atoms with Crippen molar-refractivity contribution in [2.24, 2.45) is 10.1 Å². The fourth-order valence-electron chi connectivity index (χ4n) is 3.65. The topological polar surface area (TPSA) is 89.4 Å². The van der Waals surface area contributed by atoms with Crippen molar-refractivity contribution in [3.63, 3.8) is 0 Å². The summed E-state index contributed by atoms with van der Waals surface area (Å²) in [4.78, 5) is 32.7. The molecule has 3 amide bonds. The minimum absolute atomic E-state index is 0.360. The van der Waals surface area contributed by atoms with Crippen LogP contribution in [0.2, 0.25) is 0 Å². The van der Waals surface area contributed by atoms with Gasteiger partial charge < -0.3 is 9.80 Å². The van der Waals surface area contributed by atoms with Crippen LogP contribution in [-0.2, 0) is 11.3 Å². The molecule has 0 aliphatic carbocycles. The number of urea groups is 1. The molecule has 2 aromatic carbocycles. The Labute approximate surface area is 175 Å². The van der Waals surface area contributed by atoms with Crippen molar-refractivity contribution in [1.82, 2.24) is 20.5 Å². The van der Waals surface area contributed by atoms with Crippen LogP contribution < -0.4 is 10.7 Å². The van der Waals surface area contributed by atoms with Crippen LogP contribution in [-0.4, -0.2) is 53.2 Å². The molecule has 154 valence electrons. The number of likely N-dealkylation sites (N-methyl/N-ethyl adjacent to an activating group) is 1. The third-order valence-corrected chi connectivity index (χ3v) is 5.38. The van der Waals surface area contributed by atoms with Crippen LogP contribution in [0.25, 0.3) is 0 Å². The van der Waals surface area contributed by atoms with Crippen molar-refractivity contribution in [2.45, 2.75) is 32.6 Å². The van der Waals surface area contributed by atoms with E-state index in [-0.39, 0.29) is 5.91 Å². The number of hydrogen-bond acceptors (Lipinski definition) is 6. The number of hydrogen-bond donors (Lipinski definition) is 2. The molecule has 2 aliphatic heterocycles. The maximum Gasteiger partial charge on any atom is 0.325 e. The first-order valence-corrected chi connectivity index (χ1v) is 9.76. The highest BCUT2D eigenvalue weighted by molar-refractivity contribution is 6.03. The zero-order valence-corrected chi connectivity index (χ0v) is 17.2. The highest BCUT2D eigenvalue weighted by Crippen LogP contribution is 2.26. The first-order valence-electron chi connectivity index (χ1n) is 9.76. The summed E-state index contributed by atoms with van der Waals surface area (Å²) < 4.78 is 0. The molecule has 4 rings (SSSR count). The second-order valence-corrected chi connectivity index (χ2v) is 7.55. The number of guanidine groups is 1. The van der Waals surface area contributed by atoms with Gasteiger partial charge in [-0.15, -0.1) is 0 Å². The minimum atomic E-state index is -0.623. The molecule has 0 aromatic heterocycles. The fourth-order valence-corrected chi connectivity index (χ4v) is 3.65. The summed E-state index contributed by atoms with van der Waals surface area (Å²) in [5, 5.41) is 6.71. The Kier molecular flexibility index (Phi) is 5.22. The van der Waals surface area contributed by atoms with Gasteiger partial charge in [-0.3, -0.25) is 10.1 Å². The predicted molar refractivity (Wildman–Crippen MR) is 115 cm³/mol. The number of fused-ring (bicyclic) bond motifs is 1. The number of carbonyl (C=O) groups is 2. The summed E-state index contributed by atoms with van der Waals surface area (Å²) in [7, 11) is 1.63. The number of aryl methyl sites for hydroxylation is 2. The SMILES string of the molecule is Cc1ccc(C)c(CN2C(N/N=C/c3ccccc3)=NC3C2C(=O)NC(=O)N3C)c1. The van der Waals surface area contributed by atoms with E-state index in [1.807, 2.05) is 49.1 Å². The van der Waals surface area contributed by atoms with Crippen LogP contribution in [0.15, 0.2) is 58.6 Å². The van der Waals surface area contributed by atoms with E-state index in [0.717, 1.165) is 22.3 Å². The summed E-state index contributed by atoms with van der Waals surface area (Å²) in [6, 6.07) is 14.8. The number of carbonyl (C=O) groups excluding carboxylic acids is 2.